The van der Waals surface area contributed by atoms with E-state index in [-0.39, 0.29) is 11.9 Å². The zero-order valence-corrected chi connectivity index (χ0v) is 14.8. The molecule has 0 radical (unpaired) electrons. The van der Waals surface area contributed by atoms with Gasteiger partial charge in [-0.3, -0.25) is 4.79 Å². The Morgan fingerprint density at radius 2 is 1.88 bits per heavy atom. The van der Waals surface area contributed by atoms with Crippen molar-refractivity contribution in [1.29, 1.82) is 0 Å². The van der Waals surface area contributed by atoms with Gasteiger partial charge in [0, 0.05) is 7.05 Å². The Labute approximate surface area is 144 Å². The number of likely N-dealkylation sites (N-methyl/N-ethyl adjacent to an activating group) is 1. The number of nitrogens with zero attached hydrogens (tertiary/aromatic N) is 1. The van der Waals surface area contributed by atoms with Crippen molar-refractivity contribution in [2.45, 2.75) is 76.5 Å². The van der Waals surface area contributed by atoms with Crippen molar-refractivity contribution >= 4 is 5.91 Å². The molecule has 0 heterocycles. The van der Waals surface area contributed by atoms with Crippen LogP contribution < -0.4 is 4.74 Å². The van der Waals surface area contributed by atoms with Gasteiger partial charge in [-0.2, -0.15) is 0 Å². The number of carbonyl (C=O) groups is 1. The Morgan fingerprint density at radius 1 is 1.17 bits per heavy atom. The molecule has 4 heteroatoms. The summed E-state index contributed by atoms with van der Waals surface area (Å²) in [5.74, 6) is 0.716. The molecule has 4 nitrogen and oxygen atoms in total. The highest BCUT2D eigenvalue weighted by Crippen LogP contribution is 2.27. The van der Waals surface area contributed by atoms with Crippen LogP contribution in [-0.2, 0) is 17.6 Å². The second-order valence-electron chi connectivity index (χ2n) is 7.27. The summed E-state index contributed by atoms with van der Waals surface area (Å²) in [6, 6.07) is 6.12. The van der Waals surface area contributed by atoms with Gasteiger partial charge in [0.1, 0.15) is 5.75 Å². The van der Waals surface area contributed by atoms with Crippen LogP contribution in [0, 0.1) is 0 Å². The number of aryl methyl sites for hydroxylation is 2. The molecular weight excluding hydrogens is 302 g/mol. The molecule has 1 saturated carbocycles. The minimum atomic E-state index is -0.536. The van der Waals surface area contributed by atoms with Gasteiger partial charge in [-0.25, -0.2) is 0 Å². The lowest BCUT2D eigenvalue weighted by atomic mass is 9.91. The molecule has 24 heavy (non-hydrogen) atoms. The number of amides is 1. The lowest BCUT2D eigenvalue weighted by molar-refractivity contribution is -0.142. The number of benzene rings is 1. The van der Waals surface area contributed by atoms with Crippen molar-refractivity contribution in [3.05, 3.63) is 29.3 Å². The first kappa shape index (κ1) is 17.3. The quantitative estimate of drug-likeness (QED) is 0.922. The van der Waals surface area contributed by atoms with E-state index in [0.717, 1.165) is 44.3 Å². The average Bonchev–Trinajstić information content (AvgIpc) is 2.60. The first-order valence-corrected chi connectivity index (χ1v) is 9.29. The molecule has 0 aliphatic heterocycles. The highest BCUT2D eigenvalue weighted by atomic mass is 16.5. The maximum absolute atomic E-state index is 12.7. The number of aliphatic hydroxyl groups excluding tert-OH is 1. The summed E-state index contributed by atoms with van der Waals surface area (Å²) < 4.78 is 5.92. The van der Waals surface area contributed by atoms with Gasteiger partial charge in [0.15, 0.2) is 6.10 Å². The van der Waals surface area contributed by atoms with Gasteiger partial charge in [-0.15, -0.1) is 0 Å². The molecular formula is C20H29NO3. The standard InChI is InChI=1S/C20H29NO3/c1-14(20(23)21(2)18-9-5-6-10-19(18)22)24-17-12-11-15-7-3-4-8-16(15)13-17/h11-14,18-19,22H,3-10H2,1-2H3/t14?,18-,19-/m1/s1. The molecule has 3 atom stereocenters. The van der Waals surface area contributed by atoms with Crippen LogP contribution in [-0.4, -0.2) is 41.2 Å². The summed E-state index contributed by atoms with van der Waals surface area (Å²) in [4.78, 5) is 14.4. The molecule has 1 amide bonds. The van der Waals surface area contributed by atoms with E-state index in [4.69, 9.17) is 4.74 Å². The summed E-state index contributed by atoms with van der Waals surface area (Å²) in [5.41, 5.74) is 2.77. The van der Waals surface area contributed by atoms with E-state index >= 15 is 0 Å². The third kappa shape index (κ3) is 3.75. The molecule has 1 unspecified atom stereocenters. The number of carbonyl (C=O) groups excluding carboxylic acids is 1. The molecule has 132 valence electrons. The van der Waals surface area contributed by atoms with Gasteiger partial charge < -0.3 is 14.7 Å². The number of rotatable bonds is 4. The number of aliphatic hydroxyl groups is 1. The van der Waals surface area contributed by atoms with Gasteiger partial charge in [0.2, 0.25) is 0 Å². The van der Waals surface area contributed by atoms with Crippen LogP contribution in [0.15, 0.2) is 18.2 Å². The van der Waals surface area contributed by atoms with Crippen LogP contribution in [0.1, 0.15) is 56.6 Å². The highest BCUT2D eigenvalue weighted by molar-refractivity contribution is 5.81. The molecule has 0 aromatic heterocycles. The molecule has 1 fully saturated rings. The molecule has 1 aromatic rings. The van der Waals surface area contributed by atoms with Crippen LogP contribution >= 0.6 is 0 Å². The first-order chi connectivity index (χ1) is 11.6. The fraction of sp³-hybridized carbons (Fsp3) is 0.650. The molecule has 0 saturated heterocycles. The van der Waals surface area contributed by atoms with Crippen molar-refractivity contribution in [1.82, 2.24) is 4.90 Å². The van der Waals surface area contributed by atoms with E-state index in [1.165, 1.54) is 24.0 Å². The highest BCUT2D eigenvalue weighted by Gasteiger charge is 2.32. The van der Waals surface area contributed by atoms with Crippen molar-refractivity contribution < 1.29 is 14.6 Å². The number of ether oxygens (including phenoxy) is 1. The monoisotopic (exact) mass is 331 g/mol. The lowest BCUT2D eigenvalue weighted by Gasteiger charge is -2.36. The van der Waals surface area contributed by atoms with Crippen molar-refractivity contribution in [2.24, 2.45) is 0 Å². The number of fused-ring (bicyclic) bond motifs is 1. The van der Waals surface area contributed by atoms with Crippen LogP contribution in [0.5, 0.6) is 5.75 Å². The normalized spacial score (nSPS) is 24.8. The molecule has 1 aromatic carbocycles. The van der Waals surface area contributed by atoms with Gasteiger partial charge in [-0.05, 0) is 68.7 Å². The van der Waals surface area contributed by atoms with E-state index in [2.05, 4.69) is 12.1 Å². The molecule has 0 spiro atoms. The third-order valence-electron chi connectivity index (χ3n) is 5.52. The topological polar surface area (TPSA) is 49.8 Å². The van der Waals surface area contributed by atoms with Crippen LogP contribution in [0.2, 0.25) is 0 Å². The van der Waals surface area contributed by atoms with E-state index in [1.807, 2.05) is 6.07 Å². The van der Waals surface area contributed by atoms with Crippen LogP contribution in [0.25, 0.3) is 0 Å². The molecule has 0 bridgehead atoms. The smallest absolute Gasteiger partial charge is 0.263 e. The van der Waals surface area contributed by atoms with Gasteiger partial charge in [-0.1, -0.05) is 18.9 Å². The predicted molar refractivity (Wildman–Crippen MR) is 94.2 cm³/mol. The second-order valence-corrected chi connectivity index (χ2v) is 7.27. The average molecular weight is 331 g/mol. The zero-order chi connectivity index (χ0) is 17.1. The Balaban J connectivity index is 1.63. The Morgan fingerprint density at radius 3 is 2.62 bits per heavy atom. The number of hydrogen-bond donors (Lipinski definition) is 1. The maximum Gasteiger partial charge on any atom is 0.263 e. The number of hydrogen-bond acceptors (Lipinski definition) is 3. The fourth-order valence-corrected chi connectivity index (χ4v) is 4.03. The largest absolute Gasteiger partial charge is 0.481 e. The van der Waals surface area contributed by atoms with E-state index in [9.17, 15) is 9.90 Å². The summed E-state index contributed by atoms with van der Waals surface area (Å²) in [7, 11) is 1.79. The molecule has 1 N–H and O–H groups in total. The van der Waals surface area contributed by atoms with Crippen LogP contribution in [0.4, 0.5) is 0 Å². The predicted octanol–water partition coefficient (Wildman–Crippen LogP) is 3.09. The summed E-state index contributed by atoms with van der Waals surface area (Å²) >= 11 is 0. The van der Waals surface area contributed by atoms with E-state index < -0.39 is 12.2 Å². The van der Waals surface area contributed by atoms with E-state index in [1.54, 1.807) is 18.9 Å². The van der Waals surface area contributed by atoms with E-state index in [0.29, 0.717) is 0 Å². The molecule has 3 rings (SSSR count). The summed E-state index contributed by atoms with van der Waals surface area (Å²) in [6.07, 6.45) is 7.55. The maximum atomic E-state index is 12.7. The zero-order valence-electron chi connectivity index (χ0n) is 14.8. The van der Waals surface area contributed by atoms with Gasteiger partial charge in [0.05, 0.1) is 12.1 Å². The second kappa shape index (κ2) is 7.56. The van der Waals surface area contributed by atoms with Gasteiger partial charge in [0.25, 0.3) is 5.91 Å². The minimum Gasteiger partial charge on any atom is -0.481 e. The van der Waals surface area contributed by atoms with Crippen molar-refractivity contribution in [2.75, 3.05) is 7.05 Å². The Kier molecular flexibility index (Phi) is 5.44. The van der Waals surface area contributed by atoms with Crippen molar-refractivity contribution in [3.63, 3.8) is 0 Å². The Bertz CT molecular complexity index is 586. The molecule has 2 aliphatic carbocycles. The lowest BCUT2D eigenvalue weighted by Crippen LogP contribution is -2.50. The SMILES string of the molecule is CC(Oc1ccc2c(c1)CCCC2)C(=O)N(C)[C@@H]1CCCC[C@H]1O. The summed E-state index contributed by atoms with van der Waals surface area (Å²) in [6.45, 7) is 1.80. The summed E-state index contributed by atoms with van der Waals surface area (Å²) in [5, 5.41) is 10.2. The van der Waals surface area contributed by atoms with Crippen LogP contribution in [0.3, 0.4) is 0 Å². The van der Waals surface area contributed by atoms with Crippen molar-refractivity contribution in [3.8, 4) is 5.75 Å². The Hall–Kier alpha value is -1.55. The third-order valence-corrected chi connectivity index (χ3v) is 5.52. The van der Waals surface area contributed by atoms with Gasteiger partial charge >= 0.3 is 0 Å². The fourth-order valence-electron chi connectivity index (χ4n) is 4.03. The first-order valence-electron chi connectivity index (χ1n) is 9.29. The molecule has 2 aliphatic rings. The minimum absolute atomic E-state index is 0.0568.